The van der Waals surface area contributed by atoms with Gasteiger partial charge >= 0.3 is 19.8 Å². The van der Waals surface area contributed by atoms with E-state index in [0.29, 0.717) is 19.3 Å². The molecule has 0 aromatic rings. The number of rotatable bonds is 38. The van der Waals surface area contributed by atoms with Crippen LogP contribution < -0.4 is 0 Å². The minimum Gasteiger partial charge on any atom is -0.462 e. The molecule has 6 N–H and O–H groups in total. The maximum absolute atomic E-state index is 12.8. The number of ether oxygens (including phenoxy) is 2. The number of hydrogen-bond acceptors (Lipinski definition) is 12. The standard InChI is InChI=1S/C47H83O13P/c1-3-5-7-9-11-13-15-17-19-20-22-23-25-27-29-31-33-35-40(48)57-37-39(38-58-61(55,56)60-47-45(53)43(51)42(50)44(52)46(47)54)59-41(49)36-34-32-30-28-26-24-21-18-16-14-12-10-8-6-4-2/h17-19,21-23,27,29,39,42-47,50-54H,3-16,20,24-26,28,30-38H2,1-2H3,(H,55,56). The van der Waals surface area contributed by atoms with Crippen LogP contribution in [0.5, 0.6) is 0 Å². The molecule has 14 heteroatoms. The van der Waals surface area contributed by atoms with Crippen LogP contribution in [0.4, 0.5) is 0 Å². The number of esters is 2. The summed E-state index contributed by atoms with van der Waals surface area (Å²) in [6.07, 6.45) is 30.3. The Morgan fingerprint density at radius 2 is 0.902 bits per heavy atom. The lowest BCUT2D eigenvalue weighted by Crippen LogP contribution is -2.64. The number of aliphatic hydroxyl groups is 5. The quantitative estimate of drug-likeness (QED) is 0.0148. The number of phosphoric ester groups is 1. The van der Waals surface area contributed by atoms with Gasteiger partial charge in [-0.25, -0.2) is 4.57 Å². The molecule has 0 radical (unpaired) electrons. The zero-order chi connectivity index (χ0) is 45.0. The van der Waals surface area contributed by atoms with Gasteiger partial charge in [-0.1, -0.05) is 146 Å². The maximum Gasteiger partial charge on any atom is 0.472 e. The molecule has 0 bridgehead atoms. The van der Waals surface area contributed by atoms with E-state index in [1.54, 1.807) is 0 Å². The average molecular weight is 887 g/mol. The van der Waals surface area contributed by atoms with E-state index >= 15 is 0 Å². The third-order valence-electron chi connectivity index (χ3n) is 10.6. The largest absolute Gasteiger partial charge is 0.472 e. The van der Waals surface area contributed by atoms with Crippen LogP contribution in [0.2, 0.25) is 0 Å². The van der Waals surface area contributed by atoms with Crippen molar-refractivity contribution in [3.63, 3.8) is 0 Å². The Morgan fingerprint density at radius 3 is 1.41 bits per heavy atom. The number of carbonyl (C=O) groups excluding carboxylic acids is 2. The lowest BCUT2D eigenvalue weighted by molar-refractivity contribution is -0.220. The van der Waals surface area contributed by atoms with E-state index in [9.17, 15) is 44.6 Å². The van der Waals surface area contributed by atoms with E-state index in [0.717, 1.165) is 57.8 Å². The van der Waals surface area contributed by atoms with Crippen molar-refractivity contribution in [1.29, 1.82) is 0 Å². The topological polar surface area (TPSA) is 210 Å². The van der Waals surface area contributed by atoms with Crippen LogP contribution in [0.1, 0.15) is 181 Å². The summed E-state index contributed by atoms with van der Waals surface area (Å²) < 4.78 is 33.5. The zero-order valence-corrected chi connectivity index (χ0v) is 38.3. The van der Waals surface area contributed by atoms with Gasteiger partial charge in [-0.3, -0.25) is 18.6 Å². The van der Waals surface area contributed by atoms with Crippen LogP contribution >= 0.6 is 7.82 Å². The van der Waals surface area contributed by atoms with Crippen molar-refractivity contribution in [3.8, 4) is 0 Å². The third kappa shape index (κ3) is 29.7. The van der Waals surface area contributed by atoms with Crippen LogP contribution in [0.15, 0.2) is 48.6 Å². The van der Waals surface area contributed by atoms with Gasteiger partial charge in [0.1, 0.15) is 43.2 Å². The Bertz CT molecular complexity index is 1250. The summed E-state index contributed by atoms with van der Waals surface area (Å²) in [4.78, 5) is 35.7. The minimum atomic E-state index is -5.13. The maximum atomic E-state index is 12.8. The Balaban J connectivity index is 2.50. The van der Waals surface area contributed by atoms with Gasteiger partial charge in [0.05, 0.1) is 6.61 Å². The first-order chi connectivity index (χ1) is 29.4. The van der Waals surface area contributed by atoms with Crippen LogP contribution in [-0.4, -0.2) is 98.3 Å². The average Bonchev–Trinajstić information content (AvgIpc) is 3.24. The van der Waals surface area contributed by atoms with Crippen LogP contribution in [0.3, 0.4) is 0 Å². The lowest BCUT2D eigenvalue weighted by Gasteiger charge is -2.41. The Labute approximate surface area is 367 Å². The van der Waals surface area contributed by atoms with Gasteiger partial charge in [0, 0.05) is 12.8 Å². The summed E-state index contributed by atoms with van der Waals surface area (Å²) in [7, 11) is -5.13. The Morgan fingerprint density at radius 1 is 0.508 bits per heavy atom. The number of allylic oxidation sites excluding steroid dienone is 8. The van der Waals surface area contributed by atoms with Crippen molar-refractivity contribution in [1.82, 2.24) is 0 Å². The van der Waals surface area contributed by atoms with E-state index in [4.69, 9.17) is 18.5 Å². The molecular formula is C47H83O13P. The summed E-state index contributed by atoms with van der Waals surface area (Å²) >= 11 is 0. The monoisotopic (exact) mass is 887 g/mol. The van der Waals surface area contributed by atoms with Crippen LogP contribution in [-0.2, 0) is 32.7 Å². The fourth-order valence-corrected chi connectivity index (χ4v) is 7.80. The van der Waals surface area contributed by atoms with Gasteiger partial charge in [-0.05, 0) is 70.6 Å². The molecule has 13 nitrogen and oxygen atoms in total. The number of phosphoric acid groups is 1. The molecule has 0 aromatic heterocycles. The second kappa shape index (κ2) is 37.2. The molecule has 1 rings (SSSR count). The Hall–Kier alpha value is -2.19. The fraction of sp³-hybridized carbons (Fsp3) is 0.787. The van der Waals surface area contributed by atoms with E-state index in [2.05, 4.69) is 50.3 Å². The molecule has 6 atom stereocenters. The predicted octanol–water partition coefficient (Wildman–Crippen LogP) is 9.17. The van der Waals surface area contributed by atoms with E-state index in [-0.39, 0.29) is 12.8 Å². The van der Waals surface area contributed by atoms with Crippen LogP contribution in [0.25, 0.3) is 0 Å². The van der Waals surface area contributed by atoms with Gasteiger partial charge in [0.25, 0.3) is 0 Å². The molecule has 61 heavy (non-hydrogen) atoms. The first-order valence-electron chi connectivity index (χ1n) is 23.4. The van der Waals surface area contributed by atoms with Crippen molar-refractivity contribution in [2.75, 3.05) is 13.2 Å². The first kappa shape index (κ1) is 56.8. The van der Waals surface area contributed by atoms with E-state index < -0.39 is 75.7 Å². The normalized spacial score (nSPS) is 22.4. The van der Waals surface area contributed by atoms with Crippen molar-refractivity contribution in [3.05, 3.63) is 48.6 Å². The third-order valence-corrected chi connectivity index (χ3v) is 11.6. The molecule has 0 heterocycles. The number of hydrogen-bond donors (Lipinski definition) is 6. The van der Waals surface area contributed by atoms with Crippen molar-refractivity contribution in [2.45, 2.75) is 224 Å². The van der Waals surface area contributed by atoms with Crippen molar-refractivity contribution in [2.24, 2.45) is 0 Å². The molecule has 354 valence electrons. The van der Waals surface area contributed by atoms with Gasteiger partial charge in [0.2, 0.25) is 0 Å². The van der Waals surface area contributed by atoms with Crippen LogP contribution in [0, 0.1) is 0 Å². The number of carbonyl (C=O) groups is 2. The van der Waals surface area contributed by atoms with Gasteiger partial charge in [-0.15, -0.1) is 0 Å². The molecule has 0 aliphatic heterocycles. The molecular weight excluding hydrogens is 803 g/mol. The second-order valence-corrected chi connectivity index (χ2v) is 17.7. The molecule has 6 unspecified atom stereocenters. The fourth-order valence-electron chi connectivity index (χ4n) is 6.83. The first-order valence-corrected chi connectivity index (χ1v) is 24.9. The second-order valence-electron chi connectivity index (χ2n) is 16.3. The van der Waals surface area contributed by atoms with Gasteiger partial charge < -0.3 is 39.9 Å². The summed E-state index contributed by atoms with van der Waals surface area (Å²) in [6.45, 7) is 3.23. The number of aliphatic hydroxyl groups excluding tert-OH is 5. The number of unbranched alkanes of at least 4 members (excludes halogenated alkanes) is 18. The summed E-state index contributed by atoms with van der Waals surface area (Å²) in [6, 6.07) is 0. The Kier molecular flexibility index (Phi) is 34.7. The lowest BCUT2D eigenvalue weighted by atomic mass is 9.85. The minimum absolute atomic E-state index is 0.0753. The molecule has 1 saturated carbocycles. The highest BCUT2D eigenvalue weighted by Crippen LogP contribution is 2.47. The van der Waals surface area contributed by atoms with Gasteiger partial charge in [0.15, 0.2) is 6.10 Å². The predicted molar refractivity (Wildman–Crippen MR) is 239 cm³/mol. The molecule has 1 aliphatic rings. The highest BCUT2D eigenvalue weighted by atomic mass is 31.2. The van der Waals surface area contributed by atoms with Gasteiger partial charge in [-0.2, -0.15) is 0 Å². The zero-order valence-electron chi connectivity index (χ0n) is 37.4. The molecule has 1 fully saturated rings. The summed E-state index contributed by atoms with van der Waals surface area (Å²) in [5.74, 6) is -1.17. The highest BCUT2D eigenvalue weighted by Gasteiger charge is 2.51. The molecule has 1 aliphatic carbocycles. The van der Waals surface area contributed by atoms with E-state index in [1.807, 2.05) is 12.2 Å². The molecule has 0 saturated heterocycles. The smallest absolute Gasteiger partial charge is 0.462 e. The molecule has 0 spiro atoms. The van der Waals surface area contributed by atoms with E-state index in [1.165, 1.54) is 77.0 Å². The molecule has 0 aromatic carbocycles. The summed E-state index contributed by atoms with van der Waals surface area (Å²) in [5, 5.41) is 50.1. The van der Waals surface area contributed by atoms with Crippen molar-refractivity contribution >= 4 is 19.8 Å². The SMILES string of the molecule is CCCCCCCCC=CCC=CCC=CCCCC(=O)OCC(COP(=O)(O)OC1C(O)C(O)C(O)C(O)C1O)OC(=O)CCCCCCCC=CCCCCCCCC. The highest BCUT2D eigenvalue weighted by molar-refractivity contribution is 7.47. The van der Waals surface area contributed by atoms with Crippen molar-refractivity contribution < 1.29 is 63.1 Å². The molecule has 0 amide bonds. The summed E-state index contributed by atoms with van der Waals surface area (Å²) in [5.41, 5.74) is 0.